The summed E-state index contributed by atoms with van der Waals surface area (Å²) in [5, 5.41) is 15.2. The fourth-order valence-corrected chi connectivity index (χ4v) is 3.57. The number of nitrogens with one attached hydrogen (secondary N) is 1. The lowest BCUT2D eigenvalue weighted by atomic mass is 10.1. The van der Waals surface area contributed by atoms with Crippen molar-refractivity contribution in [3.05, 3.63) is 60.7 Å². The van der Waals surface area contributed by atoms with Crippen LogP contribution < -0.4 is 5.32 Å². The highest BCUT2D eigenvalue weighted by Crippen LogP contribution is 2.28. The molecule has 6 heteroatoms. The number of fused-ring (bicyclic) bond motifs is 2. The van der Waals surface area contributed by atoms with Gasteiger partial charge in [-0.25, -0.2) is 4.98 Å². The van der Waals surface area contributed by atoms with Gasteiger partial charge >= 0.3 is 0 Å². The second kappa shape index (κ2) is 7.89. The molecule has 0 saturated carbocycles. The molecule has 1 aromatic heterocycles. The number of aliphatic hydroxyl groups excluding tert-OH is 1. The van der Waals surface area contributed by atoms with Gasteiger partial charge in [0.1, 0.15) is 18.2 Å². The first-order valence-electron chi connectivity index (χ1n) is 9.95. The van der Waals surface area contributed by atoms with Crippen molar-refractivity contribution in [1.82, 2.24) is 4.98 Å². The molecule has 154 valence electrons. The van der Waals surface area contributed by atoms with E-state index in [1.807, 2.05) is 45.4 Å². The summed E-state index contributed by atoms with van der Waals surface area (Å²) < 4.78 is 6.51. The summed E-state index contributed by atoms with van der Waals surface area (Å²) >= 11 is 0. The predicted octanol–water partition coefficient (Wildman–Crippen LogP) is 4.04. The maximum Gasteiger partial charge on any atom is 0.227 e. The number of aliphatic hydroxyl groups is 1. The van der Waals surface area contributed by atoms with Gasteiger partial charge in [-0.15, -0.1) is 0 Å². The van der Waals surface area contributed by atoms with Crippen LogP contribution in [0.25, 0.3) is 33.3 Å². The Hall–Kier alpha value is -3.22. The molecule has 0 fully saturated rings. The molecule has 0 radical (unpaired) electrons. The molecule has 1 atom stereocenters. The standard InChI is InChI=1S/C24H25N3O3/c1-27(2,3)15-20(28)14-23(29)25-19-10-11-22-21(13-19)26-24(30-22)18-9-8-16-6-4-5-7-17(16)12-18/h4-13,20,28H,14-15H2,1-3H3/p+1/t20-/m0/s1. The van der Waals surface area contributed by atoms with Crippen LogP contribution in [-0.2, 0) is 4.79 Å². The van der Waals surface area contributed by atoms with E-state index in [0.29, 0.717) is 33.7 Å². The second-order valence-corrected chi connectivity index (χ2v) is 8.64. The average molecular weight is 404 g/mol. The molecule has 3 aromatic carbocycles. The predicted molar refractivity (Wildman–Crippen MR) is 119 cm³/mol. The third-order valence-corrected chi connectivity index (χ3v) is 4.85. The number of rotatable bonds is 6. The van der Waals surface area contributed by atoms with E-state index in [1.165, 1.54) is 0 Å². The quantitative estimate of drug-likeness (QED) is 0.476. The molecule has 4 rings (SSSR count). The summed E-state index contributed by atoms with van der Waals surface area (Å²) in [5.41, 5.74) is 2.85. The van der Waals surface area contributed by atoms with E-state index in [1.54, 1.807) is 18.2 Å². The minimum absolute atomic E-state index is 0.0503. The molecule has 0 aliphatic carbocycles. The molecular formula is C24H26N3O3+. The van der Waals surface area contributed by atoms with Crippen molar-refractivity contribution >= 4 is 33.5 Å². The number of hydrogen-bond donors (Lipinski definition) is 2. The Kier molecular flexibility index (Phi) is 5.28. The van der Waals surface area contributed by atoms with Crippen LogP contribution in [-0.4, -0.2) is 54.3 Å². The fraction of sp³-hybridized carbons (Fsp3) is 0.250. The Morgan fingerprint density at radius 3 is 2.60 bits per heavy atom. The number of aromatic nitrogens is 1. The number of hydrogen-bond acceptors (Lipinski definition) is 4. The van der Waals surface area contributed by atoms with E-state index in [4.69, 9.17) is 4.42 Å². The zero-order valence-electron chi connectivity index (χ0n) is 17.4. The van der Waals surface area contributed by atoms with Crippen LogP contribution in [0.2, 0.25) is 0 Å². The summed E-state index contributed by atoms with van der Waals surface area (Å²) in [4.78, 5) is 16.9. The Morgan fingerprint density at radius 1 is 1.07 bits per heavy atom. The van der Waals surface area contributed by atoms with E-state index in [0.717, 1.165) is 16.3 Å². The third kappa shape index (κ3) is 4.67. The molecule has 0 unspecified atom stereocenters. The highest BCUT2D eigenvalue weighted by molar-refractivity contribution is 5.93. The monoisotopic (exact) mass is 404 g/mol. The van der Waals surface area contributed by atoms with E-state index >= 15 is 0 Å². The number of amides is 1. The van der Waals surface area contributed by atoms with Crippen LogP contribution in [0.3, 0.4) is 0 Å². The Morgan fingerprint density at radius 2 is 1.83 bits per heavy atom. The van der Waals surface area contributed by atoms with Crippen molar-refractivity contribution in [2.24, 2.45) is 0 Å². The summed E-state index contributed by atoms with van der Waals surface area (Å²) in [5.74, 6) is 0.311. The molecule has 0 spiro atoms. The van der Waals surface area contributed by atoms with Crippen LogP contribution in [0.5, 0.6) is 0 Å². The lowest BCUT2D eigenvalue weighted by molar-refractivity contribution is -0.873. The normalized spacial score (nSPS) is 12.9. The van der Waals surface area contributed by atoms with Gasteiger partial charge in [-0.05, 0) is 41.1 Å². The zero-order chi connectivity index (χ0) is 21.3. The van der Waals surface area contributed by atoms with E-state index in [9.17, 15) is 9.90 Å². The number of nitrogens with zero attached hydrogens (tertiary/aromatic N) is 2. The molecule has 0 aliphatic rings. The van der Waals surface area contributed by atoms with Crippen LogP contribution in [0.1, 0.15) is 6.42 Å². The van der Waals surface area contributed by atoms with E-state index < -0.39 is 6.10 Å². The molecule has 0 saturated heterocycles. The highest BCUT2D eigenvalue weighted by atomic mass is 16.3. The molecule has 2 N–H and O–H groups in total. The van der Waals surface area contributed by atoms with Gasteiger partial charge in [-0.1, -0.05) is 30.3 Å². The van der Waals surface area contributed by atoms with Gasteiger partial charge in [0.25, 0.3) is 0 Å². The van der Waals surface area contributed by atoms with Crippen molar-refractivity contribution in [1.29, 1.82) is 0 Å². The van der Waals surface area contributed by atoms with E-state index in [2.05, 4.69) is 28.5 Å². The van der Waals surface area contributed by atoms with Gasteiger partial charge in [0.15, 0.2) is 5.58 Å². The first-order valence-corrected chi connectivity index (χ1v) is 9.95. The maximum atomic E-state index is 12.3. The summed E-state index contributed by atoms with van der Waals surface area (Å²) in [6.07, 6.45) is -0.644. The number of likely N-dealkylation sites (N-methyl/N-ethyl adjacent to an activating group) is 1. The van der Waals surface area contributed by atoms with Crippen LogP contribution in [0, 0.1) is 0 Å². The van der Waals surface area contributed by atoms with E-state index in [-0.39, 0.29) is 12.3 Å². The largest absolute Gasteiger partial charge is 0.436 e. The number of oxazole rings is 1. The number of quaternary nitrogens is 1. The maximum absolute atomic E-state index is 12.3. The fourth-order valence-electron chi connectivity index (χ4n) is 3.57. The highest BCUT2D eigenvalue weighted by Gasteiger charge is 2.19. The number of carbonyl (C=O) groups is 1. The van der Waals surface area contributed by atoms with Crippen LogP contribution >= 0.6 is 0 Å². The summed E-state index contributed by atoms with van der Waals surface area (Å²) in [6.45, 7) is 0.505. The van der Waals surface area contributed by atoms with Crippen LogP contribution in [0.15, 0.2) is 65.1 Å². The van der Waals surface area contributed by atoms with Crippen molar-refractivity contribution in [3.8, 4) is 11.5 Å². The van der Waals surface area contributed by atoms with Gasteiger partial charge in [0, 0.05) is 11.3 Å². The summed E-state index contributed by atoms with van der Waals surface area (Å²) in [7, 11) is 5.94. The lowest BCUT2D eigenvalue weighted by Gasteiger charge is -2.26. The Balaban J connectivity index is 1.51. The summed E-state index contributed by atoms with van der Waals surface area (Å²) in [6, 6.07) is 19.6. The smallest absolute Gasteiger partial charge is 0.227 e. The van der Waals surface area contributed by atoms with Crippen molar-refractivity contribution in [2.45, 2.75) is 12.5 Å². The SMILES string of the molecule is C[N+](C)(C)C[C@@H](O)CC(=O)Nc1ccc2oc(-c3ccc4ccccc4c3)nc2c1. The second-order valence-electron chi connectivity index (χ2n) is 8.64. The van der Waals surface area contributed by atoms with Gasteiger partial charge in [0.05, 0.1) is 27.6 Å². The molecule has 4 aromatic rings. The minimum atomic E-state index is -0.694. The topological polar surface area (TPSA) is 75.4 Å². The molecule has 0 bridgehead atoms. The minimum Gasteiger partial charge on any atom is -0.436 e. The van der Waals surface area contributed by atoms with Gasteiger partial charge in [0.2, 0.25) is 11.8 Å². The molecule has 1 heterocycles. The molecule has 0 aliphatic heterocycles. The number of anilines is 1. The first-order chi connectivity index (χ1) is 14.3. The number of benzene rings is 3. The number of carbonyl (C=O) groups excluding carboxylic acids is 1. The third-order valence-electron chi connectivity index (χ3n) is 4.85. The first kappa shape index (κ1) is 20.1. The Labute approximate surface area is 175 Å². The molecule has 1 amide bonds. The van der Waals surface area contributed by atoms with Crippen molar-refractivity contribution in [3.63, 3.8) is 0 Å². The van der Waals surface area contributed by atoms with Crippen molar-refractivity contribution in [2.75, 3.05) is 33.0 Å². The average Bonchev–Trinajstić information content (AvgIpc) is 3.09. The molecule has 30 heavy (non-hydrogen) atoms. The Bertz CT molecular complexity index is 1210. The van der Waals surface area contributed by atoms with Crippen molar-refractivity contribution < 1.29 is 18.8 Å². The van der Waals surface area contributed by atoms with Gasteiger partial charge in [-0.3, -0.25) is 4.79 Å². The van der Waals surface area contributed by atoms with Gasteiger partial charge in [-0.2, -0.15) is 0 Å². The van der Waals surface area contributed by atoms with Gasteiger partial charge < -0.3 is 19.3 Å². The molecular weight excluding hydrogens is 378 g/mol. The lowest BCUT2D eigenvalue weighted by Crippen LogP contribution is -2.42. The zero-order valence-corrected chi connectivity index (χ0v) is 17.4. The molecule has 6 nitrogen and oxygen atoms in total. The van der Waals surface area contributed by atoms with Crippen LogP contribution in [0.4, 0.5) is 5.69 Å².